The van der Waals surface area contributed by atoms with Gasteiger partial charge in [-0.25, -0.2) is 4.98 Å². The number of allylic oxidation sites excluding steroid dienone is 1. The summed E-state index contributed by atoms with van der Waals surface area (Å²) in [6.45, 7) is 1.91. The standard InChI is InChI=1S/C11H10N2O/c1-9-12-10-5-2-3-6-11(10)13(9)7-4-8-14/h2-8H,1H3/b7-4+. The van der Waals surface area contributed by atoms with Crippen molar-refractivity contribution in [2.75, 3.05) is 0 Å². The molecule has 0 aliphatic heterocycles. The van der Waals surface area contributed by atoms with Gasteiger partial charge >= 0.3 is 0 Å². The number of aromatic nitrogens is 2. The van der Waals surface area contributed by atoms with Crippen molar-refractivity contribution in [2.45, 2.75) is 6.92 Å². The summed E-state index contributed by atoms with van der Waals surface area (Å²) in [6, 6.07) is 7.83. The van der Waals surface area contributed by atoms with Gasteiger partial charge < -0.3 is 4.57 Å². The van der Waals surface area contributed by atoms with Gasteiger partial charge in [0.05, 0.1) is 11.0 Å². The van der Waals surface area contributed by atoms with Crippen molar-refractivity contribution in [3.8, 4) is 0 Å². The minimum absolute atomic E-state index is 0.758. The number of carbonyl (C=O) groups excluding carboxylic acids is 1. The highest BCUT2D eigenvalue weighted by Crippen LogP contribution is 2.15. The lowest BCUT2D eigenvalue weighted by molar-refractivity contribution is -0.104. The number of fused-ring (bicyclic) bond motifs is 1. The van der Waals surface area contributed by atoms with Crippen molar-refractivity contribution in [3.05, 3.63) is 36.2 Å². The van der Waals surface area contributed by atoms with E-state index in [4.69, 9.17) is 0 Å². The molecule has 0 aliphatic carbocycles. The number of benzene rings is 1. The van der Waals surface area contributed by atoms with Gasteiger partial charge in [-0.15, -0.1) is 0 Å². The van der Waals surface area contributed by atoms with Crippen LogP contribution in [0, 0.1) is 6.92 Å². The first-order chi connectivity index (χ1) is 6.83. The number of rotatable bonds is 2. The van der Waals surface area contributed by atoms with Gasteiger partial charge in [0.2, 0.25) is 0 Å². The molecule has 3 nitrogen and oxygen atoms in total. The molecule has 0 atom stereocenters. The highest BCUT2D eigenvalue weighted by Gasteiger charge is 2.02. The Kier molecular flexibility index (Phi) is 2.14. The Morgan fingerprint density at radius 3 is 2.93 bits per heavy atom. The average Bonchev–Trinajstić information content (AvgIpc) is 2.51. The maximum Gasteiger partial charge on any atom is 0.144 e. The zero-order chi connectivity index (χ0) is 9.97. The van der Waals surface area contributed by atoms with E-state index in [-0.39, 0.29) is 0 Å². The van der Waals surface area contributed by atoms with Crippen molar-refractivity contribution in [3.63, 3.8) is 0 Å². The third-order valence-electron chi connectivity index (χ3n) is 2.09. The van der Waals surface area contributed by atoms with Gasteiger partial charge in [-0.2, -0.15) is 0 Å². The predicted molar refractivity (Wildman–Crippen MR) is 55.9 cm³/mol. The maximum absolute atomic E-state index is 10.2. The van der Waals surface area contributed by atoms with E-state index in [0.717, 1.165) is 23.1 Å². The summed E-state index contributed by atoms with van der Waals surface area (Å²) in [5.41, 5.74) is 1.96. The van der Waals surface area contributed by atoms with E-state index in [0.29, 0.717) is 0 Å². The first-order valence-corrected chi connectivity index (χ1v) is 4.38. The molecule has 1 aromatic heterocycles. The Morgan fingerprint density at radius 2 is 2.14 bits per heavy atom. The zero-order valence-corrected chi connectivity index (χ0v) is 7.84. The Balaban J connectivity index is 2.67. The van der Waals surface area contributed by atoms with Crippen molar-refractivity contribution in [1.82, 2.24) is 9.55 Å². The minimum atomic E-state index is 0.758. The van der Waals surface area contributed by atoms with Crippen molar-refractivity contribution < 1.29 is 4.79 Å². The van der Waals surface area contributed by atoms with E-state index in [1.165, 1.54) is 6.08 Å². The van der Waals surface area contributed by atoms with Gasteiger partial charge in [-0.05, 0) is 25.1 Å². The van der Waals surface area contributed by atoms with Gasteiger partial charge in [0.1, 0.15) is 12.1 Å². The van der Waals surface area contributed by atoms with Crippen molar-refractivity contribution in [2.24, 2.45) is 0 Å². The van der Waals surface area contributed by atoms with E-state index in [9.17, 15) is 4.79 Å². The molecule has 0 spiro atoms. The van der Waals surface area contributed by atoms with Crippen LogP contribution in [-0.4, -0.2) is 15.8 Å². The lowest BCUT2D eigenvalue weighted by Gasteiger charge is -1.96. The van der Waals surface area contributed by atoms with Gasteiger partial charge in [0, 0.05) is 6.20 Å². The van der Waals surface area contributed by atoms with E-state index in [2.05, 4.69) is 4.98 Å². The molecule has 0 N–H and O–H groups in total. The fourth-order valence-corrected chi connectivity index (χ4v) is 1.47. The summed E-state index contributed by atoms with van der Waals surface area (Å²) in [7, 11) is 0. The van der Waals surface area contributed by atoms with Crippen molar-refractivity contribution in [1.29, 1.82) is 0 Å². The van der Waals surface area contributed by atoms with Crippen LogP contribution >= 0.6 is 0 Å². The number of para-hydroxylation sites is 2. The van der Waals surface area contributed by atoms with Crippen LogP contribution < -0.4 is 0 Å². The second-order valence-corrected chi connectivity index (χ2v) is 3.00. The highest BCUT2D eigenvalue weighted by molar-refractivity contribution is 5.80. The van der Waals surface area contributed by atoms with Crippen LogP contribution in [0.15, 0.2) is 30.3 Å². The maximum atomic E-state index is 10.2. The number of nitrogens with zero attached hydrogens (tertiary/aromatic N) is 2. The Morgan fingerprint density at radius 1 is 1.36 bits per heavy atom. The van der Waals surface area contributed by atoms with Gasteiger partial charge in [0.15, 0.2) is 0 Å². The first-order valence-electron chi connectivity index (χ1n) is 4.38. The molecule has 0 amide bonds. The lowest BCUT2D eigenvalue weighted by atomic mass is 10.3. The summed E-state index contributed by atoms with van der Waals surface area (Å²) in [5, 5.41) is 0. The van der Waals surface area contributed by atoms with Crippen LogP contribution in [-0.2, 0) is 4.79 Å². The molecule has 0 saturated heterocycles. The van der Waals surface area contributed by atoms with E-state index < -0.39 is 0 Å². The largest absolute Gasteiger partial charge is 0.303 e. The monoisotopic (exact) mass is 186 g/mol. The molecule has 2 rings (SSSR count). The summed E-state index contributed by atoms with van der Waals surface area (Å²) in [5.74, 6) is 0.879. The molecule has 14 heavy (non-hydrogen) atoms. The van der Waals surface area contributed by atoms with E-state index in [1.807, 2.05) is 35.8 Å². The highest BCUT2D eigenvalue weighted by atomic mass is 16.1. The van der Waals surface area contributed by atoms with Crippen LogP contribution in [0.3, 0.4) is 0 Å². The third kappa shape index (κ3) is 1.33. The van der Waals surface area contributed by atoms with Crippen LogP contribution in [0.5, 0.6) is 0 Å². The molecule has 70 valence electrons. The Bertz CT molecular complexity index is 497. The molecule has 0 saturated carbocycles. The second kappa shape index (κ2) is 3.46. The number of aryl methyl sites for hydroxylation is 1. The number of aldehydes is 1. The van der Waals surface area contributed by atoms with Crippen molar-refractivity contribution >= 4 is 23.5 Å². The predicted octanol–water partition coefficient (Wildman–Crippen LogP) is 2.01. The number of hydrogen-bond acceptors (Lipinski definition) is 2. The summed E-state index contributed by atoms with van der Waals surface area (Å²) in [4.78, 5) is 14.6. The fraction of sp³-hybridized carbons (Fsp3) is 0.0909. The fourth-order valence-electron chi connectivity index (χ4n) is 1.47. The first kappa shape index (κ1) is 8.69. The summed E-state index contributed by atoms with van der Waals surface area (Å²) >= 11 is 0. The van der Waals surface area contributed by atoms with Gasteiger partial charge in [-0.3, -0.25) is 4.79 Å². The van der Waals surface area contributed by atoms with Crippen LogP contribution in [0.4, 0.5) is 0 Å². The number of carbonyl (C=O) groups is 1. The molecule has 0 fully saturated rings. The third-order valence-corrected chi connectivity index (χ3v) is 2.09. The lowest BCUT2D eigenvalue weighted by Crippen LogP contribution is -1.89. The molecule has 2 aromatic rings. The molecule has 0 unspecified atom stereocenters. The van der Waals surface area contributed by atoms with Crippen LogP contribution in [0.2, 0.25) is 0 Å². The molecular formula is C11H10N2O. The van der Waals surface area contributed by atoms with E-state index in [1.54, 1.807) is 6.20 Å². The molecule has 1 aromatic carbocycles. The molecule has 1 heterocycles. The minimum Gasteiger partial charge on any atom is -0.303 e. The zero-order valence-electron chi connectivity index (χ0n) is 7.84. The second-order valence-electron chi connectivity index (χ2n) is 3.00. The van der Waals surface area contributed by atoms with Crippen LogP contribution in [0.1, 0.15) is 5.82 Å². The average molecular weight is 186 g/mol. The number of imidazole rings is 1. The SMILES string of the molecule is Cc1nc2ccccc2n1/C=C/C=O. The molecule has 0 aliphatic rings. The van der Waals surface area contributed by atoms with Crippen LogP contribution in [0.25, 0.3) is 17.2 Å². The van der Waals surface area contributed by atoms with Gasteiger partial charge in [-0.1, -0.05) is 12.1 Å². The molecule has 0 bridgehead atoms. The normalized spacial score (nSPS) is 11.2. The smallest absolute Gasteiger partial charge is 0.144 e. The van der Waals surface area contributed by atoms with E-state index >= 15 is 0 Å². The Labute approximate surface area is 81.7 Å². The molecule has 0 radical (unpaired) electrons. The van der Waals surface area contributed by atoms with Gasteiger partial charge in [0.25, 0.3) is 0 Å². The Hall–Kier alpha value is -1.90. The molecule has 3 heteroatoms. The quantitative estimate of drug-likeness (QED) is 0.531. The summed E-state index contributed by atoms with van der Waals surface area (Å²) in [6.07, 6.45) is 3.94. The number of hydrogen-bond donors (Lipinski definition) is 0. The summed E-state index contributed by atoms with van der Waals surface area (Å²) < 4.78 is 1.89. The molecular weight excluding hydrogens is 176 g/mol. The topological polar surface area (TPSA) is 34.9 Å².